The third kappa shape index (κ3) is 72.4. The van der Waals surface area contributed by atoms with Crippen LogP contribution in [0.2, 0.25) is 0 Å². The standard InChI is InChI=1S/C81H164O12S4/c1-5-9-13-17-21-25-29-33-37-41-45-49-53-57-61-65-69-73-77-94(82,83)90-81(91-95(84,85)78-74-70-66-62-58-54-50-46-42-38-34-30-26-22-18-14-10-6-2,92-96(86,87)79-75-71-67-63-59-55-51-47-43-39-35-31-27-23-19-15-11-7-3)93-97(88,89)80-76-72-68-64-60-56-52-48-44-40-36-32-28-24-20-16-12-8-4/h5-80H2,1-4H3. The first-order chi connectivity index (χ1) is 47.1. The predicted octanol–water partition coefficient (Wildman–Crippen LogP) is 27.2. The molecule has 0 atom stereocenters. The lowest BCUT2D eigenvalue weighted by molar-refractivity contribution is -0.360. The molecule has 0 saturated carbocycles. The van der Waals surface area contributed by atoms with Gasteiger partial charge in [-0.25, -0.2) is 0 Å². The lowest BCUT2D eigenvalue weighted by Crippen LogP contribution is -2.49. The molecule has 0 unspecified atom stereocenters. The maximum Gasteiger partial charge on any atom is 0.471 e. The summed E-state index contributed by atoms with van der Waals surface area (Å²) in [4.78, 5) is 0. The zero-order valence-corrected chi connectivity index (χ0v) is 68.0. The van der Waals surface area contributed by atoms with E-state index in [1.165, 1.54) is 308 Å². The minimum atomic E-state index is -4.91. The van der Waals surface area contributed by atoms with Gasteiger partial charge < -0.3 is 0 Å². The summed E-state index contributed by atoms with van der Waals surface area (Å²) in [5.41, 5.74) is 0. The van der Waals surface area contributed by atoms with Crippen LogP contribution in [0.15, 0.2) is 0 Å². The average molecular weight is 1460 g/mol. The van der Waals surface area contributed by atoms with Crippen molar-refractivity contribution in [2.75, 3.05) is 23.0 Å². The molecule has 0 aliphatic carbocycles. The first-order valence-corrected chi connectivity index (χ1v) is 49.1. The third-order valence-corrected chi connectivity index (χ3v) is 24.9. The summed E-state index contributed by atoms with van der Waals surface area (Å²) < 4.78 is 134. The quantitative estimate of drug-likeness (QED) is 0.0321. The van der Waals surface area contributed by atoms with E-state index >= 15 is 0 Å². The monoisotopic (exact) mass is 1460 g/mol. The van der Waals surface area contributed by atoms with Crippen molar-refractivity contribution in [3.05, 3.63) is 0 Å². The van der Waals surface area contributed by atoms with Crippen LogP contribution in [-0.2, 0) is 57.2 Å². The van der Waals surface area contributed by atoms with Crippen molar-refractivity contribution in [2.45, 2.75) is 496 Å². The lowest BCUT2D eigenvalue weighted by atomic mass is 10.0. The Kier molecular flexibility index (Phi) is 71.0. The fraction of sp³-hybridized carbons (Fsp3) is 1.00. The second kappa shape index (κ2) is 71.3. The highest BCUT2D eigenvalue weighted by Crippen LogP contribution is 2.31. The fourth-order valence-corrected chi connectivity index (χ4v) is 18.1. The van der Waals surface area contributed by atoms with E-state index in [1.54, 1.807) is 0 Å². The summed E-state index contributed by atoms with van der Waals surface area (Å²) >= 11 is 0. The molecule has 584 valence electrons. The van der Waals surface area contributed by atoms with Gasteiger partial charge in [0.1, 0.15) is 0 Å². The van der Waals surface area contributed by atoms with Gasteiger partial charge >= 0.3 is 6.16 Å². The SMILES string of the molecule is CCCCCCCCCCCCCCCCCCCCS(=O)(=O)OC(OS(=O)(=O)CCCCCCCCCCCCCCCCCCCC)(OS(=O)(=O)CCCCCCCCCCCCCCCCCCCC)OS(=O)(=O)CCCCCCCCCCCCCCCCCCCC. The lowest BCUT2D eigenvalue weighted by Gasteiger charge is -2.29. The van der Waals surface area contributed by atoms with E-state index in [9.17, 15) is 33.7 Å². The van der Waals surface area contributed by atoms with Crippen LogP contribution in [0.25, 0.3) is 0 Å². The average Bonchev–Trinajstić information content (AvgIpc) is 0.790. The van der Waals surface area contributed by atoms with Crippen LogP contribution in [0.1, 0.15) is 490 Å². The minimum Gasteiger partial charge on any atom is -0.199 e. The summed E-state index contributed by atoms with van der Waals surface area (Å²) in [7, 11) is -19.6. The van der Waals surface area contributed by atoms with Gasteiger partial charge in [0, 0.05) is 0 Å². The normalized spacial score (nSPS) is 12.7. The van der Waals surface area contributed by atoms with Gasteiger partial charge in [-0.15, -0.1) is 0 Å². The molecule has 0 aromatic rings. The molecular weight excluding hydrogens is 1290 g/mol. The Bertz CT molecular complexity index is 1780. The molecule has 0 radical (unpaired) electrons. The van der Waals surface area contributed by atoms with Gasteiger partial charge in [-0.1, -0.05) is 464 Å². The number of rotatable bonds is 84. The van der Waals surface area contributed by atoms with Crippen molar-refractivity contribution in [3.63, 3.8) is 0 Å². The van der Waals surface area contributed by atoms with E-state index < -0.39 is 69.6 Å². The Hall–Kier alpha value is -0.360. The van der Waals surface area contributed by atoms with Crippen molar-refractivity contribution in [3.8, 4) is 0 Å². The Balaban J connectivity index is 5.84. The Morgan fingerprint density at radius 1 is 0.144 bits per heavy atom. The van der Waals surface area contributed by atoms with Gasteiger partial charge in [0.05, 0.1) is 23.0 Å². The molecule has 0 heterocycles. The zero-order valence-electron chi connectivity index (χ0n) is 64.8. The molecule has 0 N–H and O–H groups in total. The van der Waals surface area contributed by atoms with Crippen LogP contribution in [0, 0.1) is 0 Å². The molecule has 16 heteroatoms. The fourth-order valence-electron chi connectivity index (χ4n) is 13.6. The molecule has 0 aliphatic heterocycles. The van der Waals surface area contributed by atoms with Gasteiger partial charge in [-0.3, -0.25) is 0 Å². The molecule has 0 fully saturated rings. The van der Waals surface area contributed by atoms with Crippen LogP contribution >= 0.6 is 0 Å². The number of hydrogen-bond acceptors (Lipinski definition) is 12. The first-order valence-electron chi connectivity index (χ1n) is 42.8. The van der Waals surface area contributed by atoms with Gasteiger partial charge in [-0.2, -0.15) is 50.4 Å². The summed E-state index contributed by atoms with van der Waals surface area (Å²) in [6, 6.07) is 0. The number of hydrogen-bond donors (Lipinski definition) is 0. The summed E-state index contributed by atoms with van der Waals surface area (Å²) in [5.74, 6) is -2.61. The van der Waals surface area contributed by atoms with E-state index in [-0.39, 0.29) is 25.7 Å². The largest absolute Gasteiger partial charge is 0.471 e. The second-order valence-electron chi connectivity index (χ2n) is 29.9. The van der Waals surface area contributed by atoms with E-state index in [2.05, 4.69) is 27.7 Å². The van der Waals surface area contributed by atoms with E-state index in [1.807, 2.05) is 0 Å². The Morgan fingerprint density at radius 2 is 0.227 bits per heavy atom. The smallest absolute Gasteiger partial charge is 0.199 e. The summed E-state index contributed by atoms with van der Waals surface area (Å²) in [5, 5.41) is 0. The first kappa shape index (κ1) is 96.6. The molecule has 0 rings (SSSR count). The molecule has 0 aromatic heterocycles. The van der Waals surface area contributed by atoms with Crippen molar-refractivity contribution < 1.29 is 50.4 Å². The predicted molar refractivity (Wildman–Crippen MR) is 417 cm³/mol. The van der Waals surface area contributed by atoms with Crippen LogP contribution in [0.3, 0.4) is 0 Å². The topological polar surface area (TPSA) is 173 Å². The molecule has 97 heavy (non-hydrogen) atoms. The van der Waals surface area contributed by atoms with Crippen LogP contribution in [0.5, 0.6) is 0 Å². The Labute approximate surface area is 606 Å². The maximum absolute atomic E-state index is 14.0. The molecule has 0 bridgehead atoms. The molecule has 0 aliphatic rings. The van der Waals surface area contributed by atoms with Crippen LogP contribution in [-0.4, -0.2) is 62.8 Å². The van der Waals surface area contributed by atoms with E-state index in [0.717, 1.165) is 103 Å². The maximum atomic E-state index is 14.0. The van der Waals surface area contributed by atoms with Crippen LogP contribution in [0.4, 0.5) is 0 Å². The zero-order chi connectivity index (χ0) is 71.1. The van der Waals surface area contributed by atoms with E-state index in [4.69, 9.17) is 16.7 Å². The highest BCUT2D eigenvalue weighted by atomic mass is 32.2. The second-order valence-corrected chi connectivity index (χ2v) is 36.7. The molecule has 0 amide bonds. The summed E-state index contributed by atoms with van der Waals surface area (Å²) in [6.45, 7) is 9.03. The highest BCUT2D eigenvalue weighted by Gasteiger charge is 2.53. The number of unbranched alkanes of at least 4 members (excludes halogenated alkanes) is 68. The van der Waals surface area contributed by atoms with E-state index in [0.29, 0.717) is 25.7 Å². The van der Waals surface area contributed by atoms with Crippen molar-refractivity contribution in [2.24, 2.45) is 0 Å². The molecule has 0 saturated heterocycles. The van der Waals surface area contributed by atoms with Crippen molar-refractivity contribution >= 4 is 40.5 Å². The molecule has 12 nitrogen and oxygen atoms in total. The van der Waals surface area contributed by atoms with Gasteiger partial charge in [0.15, 0.2) is 0 Å². The van der Waals surface area contributed by atoms with Gasteiger partial charge in [0.25, 0.3) is 40.5 Å². The van der Waals surface area contributed by atoms with Crippen LogP contribution < -0.4 is 0 Å². The molecular formula is C81H164O12S4. The highest BCUT2D eigenvalue weighted by molar-refractivity contribution is 7.88. The third-order valence-electron chi connectivity index (χ3n) is 19.9. The molecule has 0 spiro atoms. The minimum absolute atomic E-state index is 0.112. The van der Waals surface area contributed by atoms with Crippen molar-refractivity contribution in [1.82, 2.24) is 0 Å². The van der Waals surface area contributed by atoms with Crippen molar-refractivity contribution in [1.29, 1.82) is 0 Å². The van der Waals surface area contributed by atoms with Gasteiger partial charge in [-0.05, 0) is 25.7 Å². The Morgan fingerprint density at radius 3 is 0.320 bits per heavy atom. The van der Waals surface area contributed by atoms with Gasteiger partial charge in [0.2, 0.25) is 0 Å². The summed E-state index contributed by atoms with van der Waals surface area (Å²) in [6.07, 6.45) is 76.5. The molecule has 0 aromatic carbocycles.